The summed E-state index contributed by atoms with van der Waals surface area (Å²) >= 11 is 6.99. The molecule has 1 aromatic heterocycles. The molecule has 0 aromatic carbocycles. The highest BCUT2D eigenvalue weighted by Gasteiger charge is 2.03. The van der Waals surface area contributed by atoms with Crippen LogP contribution in [0.3, 0.4) is 0 Å². The average Bonchev–Trinajstić information content (AvgIpc) is 2.51. The molecule has 13 heavy (non-hydrogen) atoms. The quantitative estimate of drug-likeness (QED) is 0.713. The zero-order valence-corrected chi connectivity index (χ0v) is 10.7. The first kappa shape index (κ1) is 15.2. The van der Waals surface area contributed by atoms with Gasteiger partial charge in [-0.25, -0.2) is 0 Å². The molecule has 0 fully saturated rings. The third-order valence-corrected chi connectivity index (χ3v) is 1.98. The molecule has 0 amide bonds. The molecule has 4 heteroatoms. The molecule has 1 heterocycles. The van der Waals surface area contributed by atoms with Crippen molar-refractivity contribution in [2.75, 3.05) is 7.11 Å². The molecular weight excluding hydrogens is 206 g/mol. The van der Waals surface area contributed by atoms with Gasteiger partial charge in [0.1, 0.15) is 0 Å². The summed E-state index contributed by atoms with van der Waals surface area (Å²) in [6.45, 7) is 9.92. The lowest BCUT2D eigenvalue weighted by atomic mass is 10.6. The van der Waals surface area contributed by atoms with Gasteiger partial charge in [0.15, 0.2) is 4.47 Å². The molecule has 0 aliphatic rings. The largest absolute Gasteiger partial charge is 0.480 e. The van der Waals surface area contributed by atoms with Crippen molar-refractivity contribution in [1.82, 2.24) is 4.98 Å². The van der Waals surface area contributed by atoms with Gasteiger partial charge >= 0.3 is 0 Å². The second kappa shape index (κ2) is 9.81. The molecule has 0 saturated carbocycles. The van der Waals surface area contributed by atoms with Gasteiger partial charge in [-0.2, -0.15) is 4.98 Å². The average molecular weight is 224 g/mol. The monoisotopic (exact) mass is 223 g/mol. The van der Waals surface area contributed by atoms with Gasteiger partial charge in [-0.1, -0.05) is 39.3 Å². The Morgan fingerprint density at radius 1 is 1.23 bits per heavy atom. The minimum absolute atomic E-state index is 0.532. The number of rotatable bonds is 1. The van der Waals surface area contributed by atoms with E-state index in [2.05, 4.69) is 4.98 Å². The van der Waals surface area contributed by atoms with E-state index in [0.29, 0.717) is 10.3 Å². The van der Waals surface area contributed by atoms with Crippen molar-refractivity contribution in [3.8, 4) is 5.88 Å². The summed E-state index contributed by atoms with van der Waals surface area (Å²) in [5, 5.41) is 0. The minimum Gasteiger partial charge on any atom is -0.480 e. The van der Waals surface area contributed by atoms with Gasteiger partial charge < -0.3 is 4.74 Å². The Balaban J connectivity index is 0. The van der Waals surface area contributed by atoms with E-state index < -0.39 is 0 Å². The van der Waals surface area contributed by atoms with Crippen LogP contribution in [0.4, 0.5) is 0 Å². The molecule has 0 spiro atoms. The molecular formula is C9H18ClNOS. The molecule has 0 bridgehead atoms. The molecule has 1 aromatic rings. The van der Waals surface area contributed by atoms with Crippen molar-refractivity contribution in [1.29, 1.82) is 0 Å². The molecule has 0 saturated heterocycles. The van der Waals surface area contributed by atoms with Gasteiger partial charge in [0.05, 0.1) is 12.0 Å². The Hall–Kier alpha value is -0.280. The maximum atomic E-state index is 5.57. The van der Waals surface area contributed by atoms with Crippen LogP contribution in [0.2, 0.25) is 4.47 Å². The second-order valence-corrected chi connectivity index (χ2v) is 3.32. The number of hydrogen-bond acceptors (Lipinski definition) is 3. The highest BCUT2D eigenvalue weighted by molar-refractivity contribution is 7.15. The van der Waals surface area contributed by atoms with Crippen molar-refractivity contribution < 1.29 is 4.74 Å². The van der Waals surface area contributed by atoms with Gasteiger partial charge in [-0.3, -0.25) is 0 Å². The lowest BCUT2D eigenvalue weighted by Gasteiger charge is -1.90. The number of methoxy groups -OCH3 is 1. The van der Waals surface area contributed by atoms with E-state index >= 15 is 0 Å². The number of thiazole rings is 1. The van der Waals surface area contributed by atoms with Crippen LogP contribution in [0, 0.1) is 6.92 Å². The zero-order chi connectivity index (χ0) is 10.9. The Kier molecular flexibility index (Phi) is 11.5. The fourth-order valence-electron chi connectivity index (χ4n) is 0.541. The number of hydrogen-bond donors (Lipinski definition) is 0. The van der Waals surface area contributed by atoms with Gasteiger partial charge in [0.25, 0.3) is 0 Å². The second-order valence-electron chi connectivity index (χ2n) is 1.53. The van der Waals surface area contributed by atoms with Crippen LogP contribution in [-0.2, 0) is 0 Å². The van der Waals surface area contributed by atoms with Crippen LogP contribution in [0.25, 0.3) is 0 Å². The normalized spacial score (nSPS) is 7.62. The first-order chi connectivity index (χ1) is 6.24. The Labute approximate surface area is 89.9 Å². The summed E-state index contributed by atoms with van der Waals surface area (Å²) < 4.78 is 5.41. The van der Waals surface area contributed by atoms with Gasteiger partial charge in [-0.05, 0) is 6.92 Å². The third kappa shape index (κ3) is 5.88. The maximum Gasteiger partial charge on any atom is 0.228 e. The Bertz CT molecular complexity index is 213. The lowest BCUT2D eigenvalue weighted by Crippen LogP contribution is -1.82. The van der Waals surface area contributed by atoms with E-state index in [9.17, 15) is 0 Å². The highest BCUT2D eigenvalue weighted by Crippen LogP contribution is 2.26. The summed E-state index contributed by atoms with van der Waals surface area (Å²) in [7, 11) is 1.58. The molecule has 0 radical (unpaired) electrons. The summed E-state index contributed by atoms with van der Waals surface area (Å²) in [6, 6.07) is 0. The first-order valence-corrected chi connectivity index (χ1v) is 5.60. The van der Waals surface area contributed by atoms with E-state index in [1.165, 1.54) is 11.3 Å². The molecule has 0 atom stereocenters. The summed E-state index contributed by atoms with van der Waals surface area (Å²) in [5.41, 5.74) is 0. The molecule has 1 rings (SSSR count). The SMILES string of the molecule is CC.CC.COc1nc(Cl)sc1C. The van der Waals surface area contributed by atoms with Crippen molar-refractivity contribution >= 4 is 22.9 Å². The van der Waals surface area contributed by atoms with Crippen LogP contribution in [0.15, 0.2) is 0 Å². The van der Waals surface area contributed by atoms with E-state index in [4.69, 9.17) is 16.3 Å². The van der Waals surface area contributed by atoms with E-state index in [-0.39, 0.29) is 0 Å². The Morgan fingerprint density at radius 2 is 1.69 bits per heavy atom. The first-order valence-electron chi connectivity index (χ1n) is 4.41. The van der Waals surface area contributed by atoms with Crippen LogP contribution in [-0.4, -0.2) is 12.1 Å². The minimum atomic E-state index is 0.532. The van der Waals surface area contributed by atoms with Crippen LogP contribution >= 0.6 is 22.9 Å². The van der Waals surface area contributed by atoms with Crippen molar-refractivity contribution in [2.24, 2.45) is 0 Å². The van der Waals surface area contributed by atoms with Crippen LogP contribution in [0.5, 0.6) is 5.88 Å². The maximum absolute atomic E-state index is 5.57. The predicted molar refractivity (Wildman–Crippen MR) is 61.1 cm³/mol. The van der Waals surface area contributed by atoms with E-state index in [0.717, 1.165) is 4.88 Å². The number of halogens is 1. The summed E-state index contributed by atoms with van der Waals surface area (Å²) in [4.78, 5) is 4.91. The fraction of sp³-hybridized carbons (Fsp3) is 0.667. The van der Waals surface area contributed by atoms with Gasteiger partial charge in [0, 0.05) is 0 Å². The van der Waals surface area contributed by atoms with Crippen molar-refractivity contribution in [3.05, 3.63) is 9.34 Å². The fourth-order valence-corrected chi connectivity index (χ4v) is 1.56. The third-order valence-electron chi connectivity index (χ3n) is 0.921. The number of aryl methyl sites for hydroxylation is 1. The van der Waals surface area contributed by atoms with Gasteiger partial charge in [-0.15, -0.1) is 11.3 Å². The number of aromatic nitrogens is 1. The molecule has 0 aliphatic heterocycles. The molecule has 78 valence electrons. The topological polar surface area (TPSA) is 22.1 Å². The molecule has 0 unspecified atom stereocenters. The smallest absolute Gasteiger partial charge is 0.228 e. The molecule has 0 aliphatic carbocycles. The molecule has 2 nitrogen and oxygen atoms in total. The van der Waals surface area contributed by atoms with Crippen LogP contribution in [0.1, 0.15) is 32.6 Å². The van der Waals surface area contributed by atoms with E-state index in [1.54, 1.807) is 7.11 Å². The highest BCUT2D eigenvalue weighted by atomic mass is 35.5. The number of ether oxygens (including phenoxy) is 1. The zero-order valence-electron chi connectivity index (χ0n) is 9.14. The van der Waals surface area contributed by atoms with Crippen molar-refractivity contribution in [2.45, 2.75) is 34.6 Å². The summed E-state index contributed by atoms with van der Waals surface area (Å²) in [5.74, 6) is 0.630. The van der Waals surface area contributed by atoms with Crippen molar-refractivity contribution in [3.63, 3.8) is 0 Å². The van der Waals surface area contributed by atoms with E-state index in [1.807, 2.05) is 34.6 Å². The van der Waals surface area contributed by atoms with Crippen LogP contribution < -0.4 is 4.74 Å². The number of nitrogens with zero attached hydrogens (tertiary/aromatic N) is 1. The lowest BCUT2D eigenvalue weighted by molar-refractivity contribution is 0.398. The predicted octanol–water partition coefficient (Wildman–Crippen LogP) is 4.17. The standard InChI is InChI=1S/C5H6ClNOS.2C2H6/c1-3-4(8-2)7-5(6)9-3;2*1-2/h1-2H3;2*1-2H3. The Morgan fingerprint density at radius 3 is 1.85 bits per heavy atom. The summed E-state index contributed by atoms with van der Waals surface area (Å²) in [6.07, 6.45) is 0. The molecule has 0 N–H and O–H groups in total. The van der Waals surface area contributed by atoms with Gasteiger partial charge in [0.2, 0.25) is 5.88 Å².